The summed E-state index contributed by atoms with van der Waals surface area (Å²) in [6.45, 7) is 3.88. The Morgan fingerprint density at radius 2 is 1.79 bits per heavy atom. The van der Waals surface area contributed by atoms with Gasteiger partial charge in [-0.1, -0.05) is 29.8 Å². The number of rotatable bonds is 3. The number of benzene rings is 2. The van der Waals surface area contributed by atoms with Gasteiger partial charge < -0.3 is 4.74 Å². The van der Waals surface area contributed by atoms with E-state index in [1.807, 2.05) is 56.3 Å². The first kappa shape index (κ1) is 18.6. The zero-order chi connectivity index (χ0) is 19.9. The van der Waals surface area contributed by atoms with Crippen molar-refractivity contribution in [1.29, 1.82) is 0 Å². The molecule has 1 heterocycles. The van der Waals surface area contributed by atoms with Gasteiger partial charge >= 0.3 is 6.18 Å². The first-order chi connectivity index (χ1) is 13.3. The monoisotopic (exact) mass is 386 g/mol. The lowest BCUT2D eigenvalue weighted by Gasteiger charge is -2.26. The van der Waals surface area contributed by atoms with Gasteiger partial charge in [-0.2, -0.15) is 18.3 Å². The number of aromatic nitrogens is 2. The molecule has 0 bridgehead atoms. The van der Waals surface area contributed by atoms with Crippen LogP contribution in [0.1, 0.15) is 47.0 Å². The van der Waals surface area contributed by atoms with Crippen LogP contribution >= 0.6 is 0 Å². The van der Waals surface area contributed by atoms with Gasteiger partial charge in [0, 0.05) is 5.56 Å². The van der Waals surface area contributed by atoms with Crippen LogP contribution < -0.4 is 4.74 Å². The second-order valence-electron chi connectivity index (χ2n) is 7.27. The number of aryl methyl sites for hydroxylation is 2. The Morgan fingerprint density at radius 3 is 2.46 bits per heavy atom. The van der Waals surface area contributed by atoms with Gasteiger partial charge in [-0.05, 0) is 62.9 Å². The first-order valence-corrected chi connectivity index (χ1v) is 9.32. The van der Waals surface area contributed by atoms with E-state index in [2.05, 4.69) is 5.10 Å². The van der Waals surface area contributed by atoms with Gasteiger partial charge in [0.1, 0.15) is 11.9 Å². The molecule has 6 heteroatoms. The Bertz CT molecular complexity index is 990. The molecule has 28 heavy (non-hydrogen) atoms. The van der Waals surface area contributed by atoms with E-state index in [1.54, 1.807) is 6.07 Å². The molecule has 0 saturated heterocycles. The summed E-state index contributed by atoms with van der Waals surface area (Å²) in [6, 6.07) is 14.9. The summed E-state index contributed by atoms with van der Waals surface area (Å²) in [5.74, 6) is 0.647. The molecule has 1 aliphatic carbocycles. The largest absolute Gasteiger partial charge is 0.484 e. The maximum absolute atomic E-state index is 13.7. The highest BCUT2D eigenvalue weighted by molar-refractivity contribution is 5.43. The van der Waals surface area contributed by atoms with Crippen LogP contribution in [0.3, 0.4) is 0 Å². The van der Waals surface area contributed by atoms with Crippen LogP contribution in [-0.4, -0.2) is 9.78 Å². The third-order valence-corrected chi connectivity index (χ3v) is 5.04. The van der Waals surface area contributed by atoms with Gasteiger partial charge in [0.15, 0.2) is 5.69 Å². The Balaban J connectivity index is 1.83. The fourth-order valence-electron chi connectivity index (χ4n) is 3.72. The number of halogens is 3. The van der Waals surface area contributed by atoms with E-state index < -0.39 is 18.0 Å². The second kappa shape index (κ2) is 7.00. The quantitative estimate of drug-likeness (QED) is 0.555. The highest BCUT2D eigenvalue weighted by atomic mass is 19.4. The summed E-state index contributed by atoms with van der Waals surface area (Å²) in [5.41, 5.74) is 2.62. The molecule has 1 aliphatic rings. The highest BCUT2D eigenvalue weighted by Gasteiger charge is 2.42. The summed E-state index contributed by atoms with van der Waals surface area (Å²) < 4.78 is 48.5. The smallest absolute Gasteiger partial charge is 0.435 e. The van der Waals surface area contributed by atoms with Crippen LogP contribution in [0.2, 0.25) is 0 Å². The Morgan fingerprint density at radius 1 is 1.04 bits per heavy atom. The average Bonchev–Trinajstić information content (AvgIpc) is 3.05. The zero-order valence-corrected chi connectivity index (χ0v) is 15.8. The maximum atomic E-state index is 13.7. The lowest BCUT2D eigenvalue weighted by Crippen LogP contribution is -2.19. The number of alkyl halides is 3. The van der Waals surface area contributed by atoms with Gasteiger partial charge in [-0.25, -0.2) is 4.68 Å². The molecule has 146 valence electrons. The Hall–Kier alpha value is -2.76. The van der Waals surface area contributed by atoms with Gasteiger partial charge in [-0.15, -0.1) is 0 Å². The molecule has 1 unspecified atom stereocenters. The van der Waals surface area contributed by atoms with Crippen molar-refractivity contribution in [2.45, 2.75) is 45.4 Å². The van der Waals surface area contributed by atoms with Crippen molar-refractivity contribution in [1.82, 2.24) is 9.78 Å². The molecule has 0 fully saturated rings. The van der Waals surface area contributed by atoms with Gasteiger partial charge in [0.25, 0.3) is 0 Å². The second-order valence-corrected chi connectivity index (χ2v) is 7.27. The van der Waals surface area contributed by atoms with Crippen LogP contribution in [0.5, 0.6) is 5.75 Å². The zero-order valence-electron chi connectivity index (χ0n) is 15.8. The SMILES string of the molecule is Cc1ccc(OC2CCCc3c(C(F)(F)F)nn(-c4cccc(C)c4)c32)cc1. The average molecular weight is 386 g/mol. The molecule has 3 aromatic rings. The molecule has 0 saturated carbocycles. The molecule has 0 radical (unpaired) electrons. The van der Waals surface area contributed by atoms with E-state index >= 15 is 0 Å². The lowest BCUT2D eigenvalue weighted by atomic mass is 9.92. The minimum atomic E-state index is -4.50. The maximum Gasteiger partial charge on any atom is 0.435 e. The molecule has 1 atom stereocenters. The minimum absolute atomic E-state index is 0.248. The van der Waals surface area contributed by atoms with Crippen molar-refractivity contribution in [3.8, 4) is 11.4 Å². The fraction of sp³-hybridized carbons (Fsp3) is 0.318. The van der Waals surface area contributed by atoms with E-state index in [1.165, 1.54) is 4.68 Å². The van der Waals surface area contributed by atoms with Gasteiger partial charge in [0.05, 0.1) is 11.4 Å². The molecule has 0 N–H and O–H groups in total. The van der Waals surface area contributed by atoms with Gasteiger partial charge in [0.2, 0.25) is 0 Å². The van der Waals surface area contributed by atoms with Crippen molar-refractivity contribution in [3.63, 3.8) is 0 Å². The van der Waals surface area contributed by atoms with Crippen LogP contribution in [0.15, 0.2) is 48.5 Å². The molecular formula is C22H21F3N2O. The van der Waals surface area contributed by atoms with Crippen molar-refractivity contribution in [2.75, 3.05) is 0 Å². The molecule has 0 aliphatic heterocycles. The van der Waals surface area contributed by atoms with E-state index in [0.717, 1.165) is 11.1 Å². The molecule has 1 aromatic heterocycles. The number of hydrogen-bond acceptors (Lipinski definition) is 2. The van der Waals surface area contributed by atoms with E-state index in [9.17, 15) is 13.2 Å². The molecule has 0 amide bonds. The summed E-state index contributed by atoms with van der Waals surface area (Å²) in [5, 5.41) is 3.99. The third-order valence-electron chi connectivity index (χ3n) is 5.04. The van der Waals surface area contributed by atoms with Crippen LogP contribution in [0.25, 0.3) is 5.69 Å². The number of fused-ring (bicyclic) bond motifs is 1. The molecule has 0 spiro atoms. The number of ether oxygens (including phenoxy) is 1. The minimum Gasteiger partial charge on any atom is -0.484 e. The van der Waals surface area contributed by atoms with Gasteiger partial charge in [-0.3, -0.25) is 0 Å². The lowest BCUT2D eigenvalue weighted by molar-refractivity contribution is -0.142. The third kappa shape index (κ3) is 3.51. The van der Waals surface area contributed by atoms with Crippen LogP contribution in [0.4, 0.5) is 13.2 Å². The molecule has 3 nitrogen and oxygen atoms in total. The molecular weight excluding hydrogens is 365 g/mol. The van der Waals surface area contributed by atoms with E-state index in [0.29, 0.717) is 36.4 Å². The highest BCUT2D eigenvalue weighted by Crippen LogP contribution is 2.41. The van der Waals surface area contributed by atoms with Crippen LogP contribution in [0, 0.1) is 13.8 Å². The Labute approximate surface area is 161 Å². The van der Waals surface area contributed by atoms with Crippen molar-refractivity contribution in [2.24, 2.45) is 0 Å². The number of hydrogen-bond donors (Lipinski definition) is 0. The molecule has 2 aromatic carbocycles. The van der Waals surface area contributed by atoms with Crippen LogP contribution in [-0.2, 0) is 12.6 Å². The topological polar surface area (TPSA) is 27.1 Å². The van der Waals surface area contributed by atoms with Crippen molar-refractivity contribution < 1.29 is 17.9 Å². The predicted molar refractivity (Wildman–Crippen MR) is 101 cm³/mol. The number of nitrogens with zero attached hydrogens (tertiary/aromatic N) is 2. The summed E-state index contributed by atoms with van der Waals surface area (Å²) in [7, 11) is 0. The van der Waals surface area contributed by atoms with E-state index in [4.69, 9.17) is 4.74 Å². The standard InChI is InChI=1S/C22H21F3N2O/c1-14-9-11-17(12-10-14)28-19-8-4-7-18-20(19)27(26-21(18)22(23,24)25)16-6-3-5-15(2)13-16/h3,5-6,9-13,19H,4,7-8H2,1-2H3. The summed E-state index contributed by atoms with van der Waals surface area (Å²) >= 11 is 0. The normalized spacial score (nSPS) is 16.7. The molecule has 4 rings (SSSR count). The van der Waals surface area contributed by atoms with Crippen molar-refractivity contribution >= 4 is 0 Å². The summed E-state index contributed by atoms with van der Waals surface area (Å²) in [6.07, 6.45) is -3.34. The fourth-order valence-corrected chi connectivity index (χ4v) is 3.72. The summed E-state index contributed by atoms with van der Waals surface area (Å²) in [4.78, 5) is 0. The first-order valence-electron chi connectivity index (χ1n) is 9.32. The predicted octanol–water partition coefficient (Wildman–Crippen LogP) is 5.96. The Kier molecular flexibility index (Phi) is 4.65. The van der Waals surface area contributed by atoms with E-state index in [-0.39, 0.29) is 5.56 Å². The van der Waals surface area contributed by atoms with Crippen molar-refractivity contribution in [3.05, 3.63) is 76.6 Å².